The van der Waals surface area contributed by atoms with Gasteiger partial charge in [0.15, 0.2) is 0 Å². The molecule has 0 aromatic heterocycles. The number of carbonyl (C=O) groups is 1. The van der Waals surface area contributed by atoms with Gasteiger partial charge in [-0.1, -0.05) is 26.0 Å². The molecule has 106 valence electrons. The maximum Gasteiger partial charge on any atom is 0.253 e. The van der Waals surface area contributed by atoms with Gasteiger partial charge in [-0.3, -0.25) is 4.79 Å². The number of hydrogen-bond donors (Lipinski definition) is 0. The molecular weight excluding hydrogens is 238 g/mol. The minimum absolute atomic E-state index is 0.0751. The highest BCUT2D eigenvalue weighted by Crippen LogP contribution is 2.14. The Balaban J connectivity index is 2.78. The first-order chi connectivity index (χ1) is 8.95. The summed E-state index contributed by atoms with van der Waals surface area (Å²) in [6, 6.07) is 7.89. The van der Waals surface area contributed by atoms with Gasteiger partial charge >= 0.3 is 0 Å². The van der Waals surface area contributed by atoms with Gasteiger partial charge in [-0.2, -0.15) is 0 Å². The van der Waals surface area contributed by atoms with Crippen molar-refractivity contribution < 1.29 is 9.53 Å². The van der Waals surface area contributed by atoms with Gasteiger partial charge < -0.3 is 9.64 Å². The van der Waals surface area contributed by atoms with E-state index in [2.05, 4.69) is 20.8 Å². The quantitative estimate of drug-likeness (QED) is 0.788. The third-order valence-electron chi connectivity index (χ3n) is 3.28. The molecule has 0 aliphatic carbocycles. The number of methoxy groups -OCH3 is 1. The number of amides is 1. The number of ether oxygens (including phenoxy) is 1. The van der Waals surface area contributed by atoms with Gasteiger partial charge in [-0.05, 0) is 37.0 Å². The van der Waals surface area contributed by atoms with E-state index in [1.165, 1.54) is 0 Å². The van der Waals surface area contributed by atoms with Crippen LogP contribution in [0.5, 0.6) is 0 Å². The fourth-order valence-electron chi connectivity index (χ4n) is 2.20. The van der Waals surface area contributed by atoms with E-state index in [0.717, 1.165) is 17.5 Å². The van der Waals surface area contributed by atoms with E-state index in [4.69, 9.17) is 4.74 Å². The van der Waals surface area contributed by atoms with Crippen molar-refractivity contribution in [2.24, 2.45) is 5.92 Å². The number of nitrogens with zero attached hydrogens (tertiary/aromatic N) is 1. The first kappa shape index (κ1) is 15.7. The molecule has 3 heteroatoms. The third-order valence-corrected chi connectivity index (χ3v) is 3.28. The first-order valence-corrected chi connectivity index (χ1v) is 6.80. The average Bonchev–Trinajstić information content (AvgIpc) is 2.37. The van der Waals surface area contributed by atoms with Crippen LogP contribution in [0.25, 0.3) is 0 Å². The monoisotopic (exact) mass is 263 g/mol. The number of carbonyl (C=O) groups excluding carboxylic acids is 1. The van der Waals surface area contributed by atoms with Crippen LogP contribution in [0.3, 0.4) is 0 Å². The van der Waals surface area contributed by atoms with Gasteiger partial charge in [0.25, 0.3) is 5.91 Å². The van der Waals surface area contributed by atoms with Crippen molar-refractivity contribution in [3.63, 3.8) is 0 Å². The lowest BCUT2D eigenvalue weighted by molar-refractivity contribution is 0.0728. The number of rotatable bonds is 6. The number of benzene rings is 1. The summed E-state index contributed by atoms with van der Waals surface area (Å²) in [4.78, 5) is 14.2. The van der Waals surface area contributed by atoms with E-state index in [9.17, 15) is 4.79 Å². The summed E-state index contributed by atoms with van der Waals surface area (Å²) in [5.74, 6) is 0.663. The van der Waals surface area contributed by atoms with Crippen LogP contribution in [0.2, 0.25) is 0 Å². The van der Waals surface area contributed by atoms with Gasteiger partial charge in [-0.15, -0.1) is 0 Å². The van der Waals surface area contributed by atoms with E-state index in [1.807, 2.05) is 36.2 Å². The molecule has 3 nitrogen and oxygen atoms in total. The Labute approximate surface area is 116 Å². The van der Waals surface area contributed by atoms with Gasteiger partial charge in [0.2, 0.25) is 0 Å². The third kappa shape index (κ3) is 4.67. The van der Waals surface area contributed by atoms with Crippen LogP contribution in [-0.4, -0.2) is 31.0 Å². The topological polar surface area (TPSA) is 29.5 Å². The maximum atomic E-state index is 12.4. The molecule has 0 aliphatic heterocycles. The van der Waals surface area contributed by atoms with Crippen molar-refractivity contribution in [3.8, 4) is 0 Å². The standard InChI is InChI=1S/C16H25NO2/c1-12(2)9-13(3)17(4)16(18)15-8-6-7-14(10-15)11-19-5/h6-8,10,12-13H,9,11H2,1-5H3. The van der Waals surface area contributed by atoms with Crippen molar-refractivity contribution in [1.29, 1.82) is 0 Å². The highest BCUT2D eigenvalue weighted by Gasteiger charge is 2.18. The highest BCUT2D eigenvalue weighted by atomic mass is 16.5. The molecule has 0 N–H and O–H groups in total. The van der Waals surface area contributed by atoms with E-state index in [1.54, 1.807) is 7.11 Å². The zero-order valence-electron chi connectivity index (χ0n) is 12.6. The molecule has 19 heavy (non-hydrogen) atoms. The number of hydrogen-bond acceptors (Lipinski definition) is 2. The molecule has 0 spiro atoms. The summed E-state index contributed by atoms with van der Waals surface area (Å²) in [5.41, 5.74) is 1.76. The fraction of sp³-hybridized carbons (Fsp3) is 0.562. The Morgan fingerprint density at radius 3 is 2.58 bits per heavy atom. The molecule has 1 atom stereocenters. The molecule has 1 aromatic rings. The summed E-state index contributed by atoms with van der Waals surface area (Å²) >= 11 is 0. The van der Waals surface area contributed by atoms with E-state index in [-0.39, 0.29) is 11.9 Å². The van der Waals surface area contributed by atoms with Gasteiger partial charge in [0.05, 0.1) is 6.61 Å². The van der Waals surface area contributed by atoms with E-state index >= 15 is 0 Å². The van der Waals surface area contributed by atoms with Gasteiger partial charge in [0, 0.05) is 25.8 Å². The maximum absolute atomic E-state index is 12.4. The molecule has 1 amide bonds. The molecule has 0 heterocycles. The molecule has 0 aliphatic rings. The zero-order valence-corrected chi connectivity index (χ0v) is 12.6. The lowest BCUT2D eigenvalue weighted by Crippen LogP contribution is -2.35. The second kappa shape index (κ2) is 7.29. The molecule has 0 radical (unpaired) electrons. The Morgan fingerprint density at radius 2 is 2.00 bits per heavy atom. The lowest BCUT2D eigenvalue weighted by atomic mass is 10.0. The summed E-state index contributed by atoms with van der Waals surface area (Å²) in [7, 11) is 3.53. The second-order valence-electron chi connectivity index (χ2n) is 5.53. The molecule has 0 bridgehead atoms. The molecule has 0 fully saturated rings. The summed E-state index contributed by atoms with van der Waals surface area (Å²) in [5, 5.41) is 0. The Kier molecular flexibility index (Phi) is 6.03. The SMILES string of the molecule is COCc1cccc(C(=O)N(C)C(C)CC(C)C)c1. The molecule has 1 aromatic carbocycles. The smallest absolute Gasteiger partial charge is 0.253 e. The lowest BCUT2D eigenvalue weighted by Gasteiger charge is -2.26. The Hall–Kier alpha value is -1.35. The Bertz CT molecular complexity index is 415. The van der Waals surface area contributed by atoms with Crippen molar-refractivity contribution in [1.82, 2.24) is 4.90 Å². The predicted octanol–water partition coefficient (Wildman–Crippen LogP) is 3.34. The van der Waals surface area contributed by atoms with Crippen LogP contribution < -0.4 is 0 Å². The summed E-state index contributed by atoms with van der Waals surface area (Å²) in [6.45, 7) is 6.98. The zero-order chi connectivity index (χ0) is 14.4. The van der Waals surface area contributed by atoms with E-state index in [0.29, 0.717) is 12.5 Å². The minimum atomic E-state index is 0.0751. The molecule has 1 unspecified atom stereocenters. The van der Waals surface area contributed by atoms with Crippen molar-refractivity contribution in [2.45, 2.75) is 39.8 Å². The first-order valence-electron chi connectivity index (χ1n) is 6.80. The molecule has 0 saturated carbocycles. The van der Waals surface area contributed by atoms with Gasteiger partial charge in [0.1, 0.15) is 0 Å². The molecule has 1 rings (SSSR count). The van der Waals surface area contributed by atoms with Crippen LogP contribution in [0.15, 0.2) is 24.3 Å². The van der Waals surface area contributed by atoms with Crippen LogP contribution >= 0.6 is 0 Å². The molecular formula is C16H25NO2. The van der Waals surface area contributed by atoms with Crippen LogP contribution in [0.1, 0.15) is 43.1 Å². The van der Waals surface area contributed by atoms with Crippen molar-refractivity contribution >= 4 is 5.91 Å². The highest BCUT2D eigenvalue weighted by molar-refractivity contribution is 5.94. The molecule has 0 saturated heterocycles. The van der Waals surface area contributed by atoms with Crippen molar-refractivity contribution in [3.05, 3.63) is 35.4 Å². The summed E-state index contributed by atoms with van der Waals surface area (Å²) < 4.78 is 5.10. The Morgan fingerprint density at radius 1 is 1.32 bits per heavy atom. The fourth-order valence-corrected chi connectivity index (χ4v) is 2.20. The van der Waals surface area contributed by atoms with Crippen LogP contribution in [0, 0.1) is 5.92 Å². The van der Waals surface area contributed by atoms with Crippen LogP contribution in [-0.2, 0) is 11.3 Å². The average molecular weight is 263 g/mol. The largest absolute Gasteiger partial charge is 0.380 e. The second-order valence-corrected chi connectivity index (χ2v) is 5.53. The van der Waals surface area contributed by atoms with Crippen molar-refractivity contribution in [2.75, 3.05) is 14.2 Å². The van der Waals surface area contributed by atoms with Crippen LogP contribution in [0.4, 0.5) is 0 Å². The minimum Gasteiger partial charge on any atom is -0.380 e. The summed E-state index contributed by atoms with van der Waals surface area (Å²) in [6.07, 6.45) is 1.01. The van der Waals surface area contributed by atoms with Gasteiger partial charge in [-0.25, -0.2) is 0 Å². The van der Waals surface area contributed by atoms with E-state index < -0.39 is 0 Å². The predicted molar refractivity (Wildman–Crippen MR) is 78.2 cm³/mol. The normalized spacial score (nSPS) is 12.5.